The third-order valence-electron chi connectivity index (χ3n) is 5.58. The minimum absolute atomic E-state index is 0.0934. The van der Waals surface area contributed by atoms with Gasteiger partial charge in [0.05, 0.1) is 0 Å². The van der Waals surface area contributed by atoms with Crippen LogP contribution < -0.4 is 5.32 Å². The first kappa shape index (κ1) is 20.5. The van der Waals surface area contributed by atoms with Gasteiger partial charge in [-0.25, -0.2) is 0 Å². The topological polar surface area (TPSA) is 91.3 Å². The summed E-state index contributed by atoms with van der Waals surface area (Å²) in [7, 11) is 0. The maximum Gasteiger partial charge on any atom is 0.256 e. The Labute approximate surface area is 180 Å². The van der Waals surface area contributed by atoms with Crippen LogP contribution in [0.3, 0.4) is 0 Å². The van der Waals surface area contributed by atoms with Crippen molar-refractivity contribution >= 4 is 11.8 Å². The molecule has 31 heavy (non-hydrogen) atoms. The van der Waals surface area contributed by atoms with Crippen LogP contribution in [-0.4, -0.2) is 34.4 Å². The maximum atomic E-state index is 12.7. The maximum absolute atomic E-state index is 12.7. The van der Waals surface area contributed by atoms with Crippen molar-refractivity contribution in [1.82, 2.24) is 14.8 Å². The van der Waals surface area contributed by atoms with Gasteiger partial charge in [-0.05, 0) is 43.0 Å². The lowest BCUT2D eigenvalue weighted by molar-refractivity contribution is -0.132. The number of carbonyl (C=O) groups is 2. The number of benzene rings is 1. The number of fused-ring (bicyclic) bond motifs is 1. The molecule has 2 aromatic heterocycles. The zero-order valence-electron chi connectivity index (χ0n) is 17.4. The van der Waals surface area contributed by atoms with Gasteiger partial charge in [0.25, 0.3) is 5.91 Å². The highest BCUT2D eigenvalue weighted by atomic mass is 16.4. The molecule has 0 unspecified atom stereocenters. The van der Waals surface area contributed by atoms with E-state index in [1.165, 1.54) is 11.1 Å². The number of aryl methyl sites for hydroxylation is 1. The molecular formula is C24H24N4O3. The van der Waals surface area contributed by atoms with E-state index in [0.717, 1.165) is 13.0 Å². The van der Waals surface area contributed by atoms with Gasteiger partial charge in [0, 0.05) is 38.4 Å². The molecule has 1 N–H and O–H groups in total. The first-order chi connectivity index (χ1) is 15.1. The quantitative estimate of drug-likeness (QED) is 0.624. The van der Waals surface area contributed by atoms with Crippen LogP contribution in [0.1, 0.15) is 45.7 Å². The number of aromatic nitrogens is 1. The van der Waals surface area contributed by atoms with Gasteiger partial charge in [-0.1, -0.05) is 24.3 Å². The summed E-state index contributed by atoms with van der Waals surface area (Å²) in [4.78, 5) is 27.1. The minimum Gasteiger partial charge on any atom is -0.443 e. The van der Waals surface area contributed by atoms with Crippen LogP contribution in [0.5, 0.6) is 0 Å². The summed E-state index contributed by atoms with van der Waals surface area (Å²) in [5, 5.41) is 12.4. The fraction of sp³-hybridized carbons (Fsp3) is 0.292. The van der Waals surface area contributed by atoms with Crippen molar-refractivity contribution in [2.75, 3.05) is 13.1 Å². The van der Waals surface area contributed by atoms with Gasteiger partial charge in [-0.2, -0.15) is 5.26 Å². The highest BCUT2D eigenvalue weighted by Crippen LogP contribution is 2.25. The lowest BCUT2D eigenvalue weighted by Gasteiger charge is -2.29. The van der Waals surface area contributed by atoms with Crippen LogP contribution in [0.15, 0.2) is 53.2 Å². The van der Waals surface area contributed by atoms with Crippen LogP contribution in [0.4, 0.5) is 0 Å². The van der Waals surface area contributed by atoms with Crippen molar-refractivity contribution in [3.05, 3.63) is 76.8 Å². The Morgan fingerprint density at radius 1 is 1.16 bits per heavy atom. The molecule has 1 aliphatic heterocycles. The first-order valence-electron chi connectivity index (χ1n) is 10.4. The molecule has 158 valence electrons. The minimum atomic E-state index is -0.365. The summed E-state index contributed by atoms with van der Waals surface area (Å²) in [5.41, 5.74) is 2.95. The molecule has 3 aromatic rings. The second-order valence-corrected chi connectivity index (χ2v) is 7.61. The van der Waals surface area contributed by atoms with Crippen molar-refractivity contribution in [1.29, 1.82) is 5.26 Å². The molecule has 1 aliphatic rings. The molecule has 0 radical (unpaired) electrons. The fourth-order valence-corrected chi connectivity index (χ4v) is 3.96. The predicted octanol–water partition coefficient (Wildman–Crippen LogP) is 3.35. The summed E-state index contributed by atoms with van der Waals surface area (Å²) >= 11 is 0. The fourth-order valence-electron chi connectivity index (χ4n) is 3.96. The normalized spacial score (nSPS) is 12.8. The molecule has 0 spiro atoms. The Balaban J connectivity index is 1.31. The van der Waals surface area contributed by atoms with E-state index in [4.69, 9.17) is 4.42 Å². The molecule has 2 amide bonds. The zero-order valence-corrected chi connectivity index (χ0v) is 17.4. The SMILES string of the molecule is Cc1oc(-n2cccc2)c(C#N)c1C(=O)NCCCC(=O)N1CCc2ccccc2C1. The van der Waals surface area contributed by atoms with Crippen LogP contribution in [0.2, 0.25) is 0 Å². The van der Waals surface area contributed by atoms with Crippen molar-refractivity contribution in [3.63, 3.8) is 0 Å². The summed E-state index contributed by atoms with van der Waals surface area (Å²) in [6.45, 7) is 3.39. The Bertz CT molecular complexity index is 1140. The van der Waals surface area contributed by atoms with Gasteiger partial charge >= 0.3 is 0 Å². The number of amides is 2. The summed E-state index contributed by atoms with van der Waals surface area (Å²) < 4.78 is 7.34. The second-order valence-electron chi connectivity index (χ2n) is 7.61. The van der Waals surface area contributed by atoms with E-state index in [1.54, 1.807) is 23.9 Å². The molecule has 1 aromatic carbocycles. The number of carbonyl (C=O) groups excluding carboxylic acids is 2. The molecule has 0 bridgehead atoms. The predicted molar refractivity (Wildman–Crippen MR) is 115 cm³/mol. The molecule has 7 heteroatoms. The highest BCUT2D eigenvalue weighted by Gasteiger charge is 2.24. The van der Waals surface area contributed by atoms with Gasteiger partial charge < -0.3 is 14.6 Å². The van der Waals surface area contributed by atoms with Gasteiger partial charge in [0.15, 0.2) is 0 Å². The van der Waals surface area contributed by atoms with Gasteiger partial charge in [0.2, 0.25) is 11.8 Å². The Morgan fingerprint density at radius 3 is 2.65 bits per heavy atom. The summed E-state index contributed by atoms with van der Waals surface area (Å²) in [6.07, 6.45) is 5.29. The number of hydrogen-bond donors (Lipinski definition) is 1. The van der Waals surface area contributed by atoms with Gasteiger partial charge in [-0.15, -0.1) is 0 Å². The van der Waals surface area contributed by atoms with Gasteiger partial charge in [-0.3, -0.25) is 14.2 Å². The van der Waals surface area contributed by atoms with E-state index in [9.17, 15) is 14.9 Å². The van der Waals surface area contributed by atoms with E-state index < -0.39 is 0 Å². The third kappa shape index (κ3) is 4.24. The van der Waals surface area contributed by atoms with Gasteiger partial charge in [0.1, 0.15) is 23.0 Å². The Kier molecular flexibility index (Phi) is 5.89. The number of nitriles is 1. The lowest BCUT2D eigenvalue weighted by Crippen LogP contribution is -2.36. The summed E-state index contributed by atoms with van der Waals surface area (Å²) in [5.74, 6) is 0.447. The molecule has 0 saturated heterocycles. The molecule has 0 atom stereocenters. The van der Waals surface area contributed by atoms with E-state index in [1.807, 2.05) is 29.2 Å². The average Bonchev–Trinajstić information content (AvgIpc) is 3.43. The molecule has 3 heterocycles. The number of nitrogens with zero attached hydrogens (tertiary/aromatic N) is 3. The standard InChI is InChI=1S/C24H24N4O3/c1-17-22(20(15-25)24(31-17)27-12-4-5-13-27)23(30)26-11-6-9-21(29)28-14-10-18-7-2-3-8-19(18)16-28/h2-5,7-8,12-13H,6,9-11,14,16H2,1H3,(H,26,30). The second kappa shape index (κ2) is 8.92. The van der Waals surface area contributed by atoms with Crippen LogP contribution in [-0.2, 0) is 17.8 Å². The zero-order chi connectivity index (χ0) is 21.8. The highest BCUT2D eigenvalue weighted by molar-refractivity contribution is 5.98. The lowest BCUT2D eigenvalue weighted by atomic mass is 9.99. The number of hydrogen-bond acceptors (Lipinski definition) is 4. The van der Waals surface area contributed by atoms with Crippen molar-refractivity contribution in [3.8, 4) is 12.0 Å². The smallest absolute Gasteiger partial charge is 0.256 e. The van der Waals surface area contributed by atoms with Crippen LogP contribution in [0, 0.1) is 18.3 Å². The first-order valence-corrected chi connectivity index (χ1v) is 10.4. The van der Waals surface area contributed by atoms with Crippen molar-refractivity contribution < 1.29 is 14.0 Å². The van der Waals surface area contributed by atoms with E-state index in [2.05, 4.69) is 23.5 Å². The number of rotatable bonds is 6. The number of furan rings is 1. The molecule has 7 nitrogen and oxygen atoms in total. The molecular weight excluding hydrogens is 392 g/mol. The largest absolute Gasteiger partial charge is 0.443 e. The van der Waals surface area contributed by atoms with E-state index in [0.29, 0.717) is 37.6 Å². The monoisotopic (exact) mass is 416 g/mol. The van der Waals surface area contributed by atoms with Crippen molar-refractivity contribution in [2.24, 2.45) is 0 Å². The third-order valence-corrected chi connectivity index (χ3v) is 5.58. The van der Waals surface area contributed by atoms with Crippen molar-refractivity contribution in [2.45, 2.75) is 32.7 Å². The molecule has 4 rings (SSSR count). The van der Waals surface area contributed by atoms with E-state index in [-0.39, 0.29) is 22.9 Å². The van der Waals surface area contributed by atoms with Crippen LogP contribution >= 0.6 is 0 Å². The summed E-state index contributed by atoms with van der Waals surface area (Å²) in [6, 6.07) is 13.9. The van der Waals surface area contributed by atoms with E-state index >= 15 is 0 Å². The Morgan fingerprint density at radius 2 is 1.90 bits per heavy atom. The number of nitrogens with one attached hydrogen (secondary N) is 1. The molecule has 0 saturated carbocycles. The van der Waals surface area contributed by atoms with Crippen LogP contribution in [0.25, 0.3) is 5.88 Å². The Hall–Kier alpha value is -3.79. The average molecular weight is 416 g/mol. The molecule has 0 fully saturated rings. The molecule has 0 aliphatic carbocycles.